The first-order valence-corrected chi connectivity index (χ1v) is 26.0. The number of carbonyl (C=O) groups is 1. The highest BCUT2D eigenvalue weighted by Gasteiger charge is 2.38. The molecule has 1 saturated heterocycles. The number of ether oxygens (including phenoxy) is 1. The van der Waals surface area contributed by atoms with E-state index in [2.05, 4.69) is 0 Å². The van der Waals surface area contributed by atoms with Gasteiger partial charge in [-0.15, -0.1) is 0 Å². The van der Waals surface area contributed by atoms with E-state index in [9.17, 15) is 38.5 Å². The van der Waals surface area contributed by atoms with Crippen molar-refractivity contribution in [1.82, 2.24) is 17.2 Å². The first-order chi connectivity index (χ1) is 28.8. The Morgan fingerprint density at radius 2 is 0.820 bits per heavy atom. The third-order valence-electron chi connectivity index (χ3n) is 10.6. The van der Waals surface area contributed by atoms with Crippen LogP contribution in [0.1, 0.15) is 54.9 Å². The zero-order chi connectivity index (χ0) is 44.6. The molecule has 1 fully saturated rings. The highest BCUT2D eigenvalue weighted by atomic mass is 32.2. The van der Waals surface area contributed by atoms with E-state index in [0.29, 0.717) is 0 Å². The van der Waals surface area contributed by atoms with Gasteiger partial charge in [-0.05, 0) is 102 Å². The van der Waals surface area contributed by atoms with Gasteiger partial charge in [0, 0.05) is 58.3 Å². The molecule has 1 heterocycles. The second kappa shape index (κ2) is 20.4. The zero-order valence-corrected chi connectivity index (χ0v) is 38.6. The van der Waals surface area contributed by atoms with Crippen molar-refractivity contribution in [3.8, 4) is 0 Å². The monoisotopic (exact) mass is 916 g/mol. The van der Waals surface area contributed by atoms with Crippen LogP contribution in [0.2, 0.25) is 0 Å². The largest absolute Gasteiger partial charge is 0.466 e. The molecule has 5 rings (SSSR count). The number of hydrogen-bond donors (Lipinski definition) is 0. The van der Waals surface area contributed by atoms with Crippen LogP contribution in [0.5, 0.6) is 0 Å². The molecule has 0 spiro atoms. The zero-order valence-electron chi connectivity index (χ0n) is 35.3. The smallest absolute Gasteiger partial charge is 0.305 e. The van der Waals surface area contributed by atoms with Gasteiger partial charge in [0.25, 0.3) is 0 Å². The Labute approximate surface area is 362 Å². The van der Waals surface area contributed by atoms with Crippen LogP contribution in [-0.2, 0) is 49.6 Å². The van der Waals surface area contributed by atoms with E-state index >= 15 is 0 Å². The molecule has 18 heteroatoms. The summed E-state index contributed by atoms with van der Waals surface area (Å²) in [5.41, 5.74) is 3.30. The molecule has 4 aromatic carbocycles. The summed E-state index contributed by atoms with van der Waals surface area (Å²) in [6.07, 6.45) is -0.492. The van der Waals surface area contributed by atoms with Crippen LogP contribution >= 0.6 is 0 Å². The van der Waals surface area contributed by atoms with Gasteiger partial charge in [0.05, 0.1) is 26.2 Å². The van der Waals surface area contributed by atoms with Crippen molar-refractivity contribution in [2.75, 3.05) is 52.4 Å². The normalized spacial score (nSPS) is 18.0. The van der Waals surface area contributed by atoms with Crippen molar-refractivity contribution in [2.24, 2.45) is 0 Å². The second-order valence-electron chi connectivity index (χ2n) is 15.2. The number of benzene rings is 4. The standard InChI is InChI=1S/C43H56N4O10S4/c1-6-57-43(48)26-17-38-33-46(60(53,54)41-22-13-36(4)14-23-41)29-7-27-44(58(49,50)39-18-9-34(2)10-19-39)31-32-45(59(51,52)40-20-11-35(3)12-21-40)28-8-30-47(38)61(55,56)42-24-15-37(5)16-25-42/h9-16,18-25,38H,6-8,17,26-33H2,1-5H3. The molecule has 0 saturated carbocycles. The minimum absolute atomic E-state index is 0.00715. The molecule has 0 bridgehead atoms. The summed E-state index contributed by atoms with van der Waals surface area (Å²) in [7, 11) is -17.2. The van der Waals surface area contributed by atoms with Crippen molar-refractivity contribution < 1.29 is 43.2 Å². The van der Waals surface area contributed by atoms with Gasteiger partial charge in [0.2, 0.25) is 40.1 Å². The minimum Gasteiger partial charge on any atom is -0.466 e. The maximum absolute atomic E-state index is 14.8. The first kappa shape index (κ1) is 48.0. The molecule has 1 aliphatic rings. The molecule has 1 aliphatic heterocycles. The lowest BCUT2D eigenvalue weighted by Crippen LogP contribution is -2.50. The van der Waals surface area contributed by atoms with E-state index in [0.717, 1.165) is 26.6 Å². The molecule has 0 amide bonds. The topological polar surface area (TPSA) is 176 Å². The van der Waals surface area contributed by atoms with Gasteiger partial charge in [-0.1, -0.05) is 70.8 Å². The summed E-state index contributed by atoms with van der Waals surface area (Å²) < 4.78 is 126. The third-order valence-corrected chi connectivity index (χ3v) is 18.3. The van der Waals surface area contributed by atoms with Gasteiger partial charge in [-0.2, -0.15) is 17.2 Å². The number of sulfonamides is 4. The SMILES string of the molecule is CCOC(=O)CCC1CN(S(=O)(=O)c2ccc(C)cc2)CCCN(S(=O)(=O)c2ccc(C)cc2)CCN(S(=O)(=O)c2ccc(C)cc2)CCCN1S(=O)(=O)c1ccc(C)cc1. The van der Waals surface area contributed by atoms with Crippen molar-refractivity contribution in [1.29, 1.82) is 0 Å². The predicted molar refractivity (Wildman–Crippen MR) is 234 cm³/mol. The van der Waals surface area contributed by atoms with Crippen LogP contribution in [0.4, 0.5) is 0 Å². The Kier molecular flexibility index (Phi) is 16.1. The lowest BCUT2D eigenvalue weighted by atomic mass is 10.1. The quantitative estimate of drug-likeness (QED) is 0.165. The highest BCUT2D eigenvalue weighted by Crippen LogP contribution is 2.27. The van der Waals surface area contributed by atoms with E-state index in [1.165, 1.54) is 61.4 Å². The van der Waals surface area contributed by atoms with Gasteiger partial charge in [0.15, 0.2) is 0 Å². The van der Waals surface area contributed by atoms with E-state index in [1.54, 1.807) is 55.5 Å². The Bertz CT molecular complexity index is 2550. The van der Waals surface area contributed by atoms with Gasteiger partial charge < -0.3 is 4.74 Å². The van der Waals surface area contributed by atoms with Gasteiger partial charge in [-0.25, -0.2) is 33.7 Å². The third kappa shape index (κ3) is 11.9. The molecule has 1 atom stereocenters. The molecule has 61 heavy (non-hydrogen) atoms. The molecule has 332 valence electrons. The van der Waals surface area contributed by atoms with Crippen molar-refractivity contribution in [3.63, 3.8) is 0 Å². The maximum atomic E-state index is 14.8. The summed E-state index contributed by atoms with van der Waals surface area (Å²) in [5, 5.41) is 0. The number of nitrogens with zero attached hydrogens (tertiary/aromatic N) is 4. The van der Waals surface area contributed by atoms with E-state index in [1.807, 2.05) is 27.7 Å². The number of carbonyl (C=O) groups excluding carboxylic acids is 1. The van der Waals surface area contributed by atoms with Gasteiger partial charge >= 0.3 is 5.97 Å². The summed E-state index contributed by atoms with van der Waals surface area (Å²) in [6.45, 7) is 7.08. The predicted octanol–water partition coefficient (Wildman–Crippen LogP) is 5.49. The van der Waals surface area contributed by atoms with E-state index in [4.69, 9.17) is 4.74 Å². The molecule has 14 nitrogen and oxygen atoms in total. The van der Waals surface area contributed by atoms with Crippen LogP contribution < -0.4 is 0 Å². The van der Waals surface area contributed by atoms with Crippen LogP contribution in [-0.4, -0.2) is 115 Å². The van der Waals surface area contributed by atoms with E-state index < -0.39 is 58.6 Å². The molecule has 0 radical (unpaired) electrons. The first-order valence-electron chi connectivity index (χ1n) is 20.2. The Morgan fingerprint density at radius 1 is 0.492 bits per heavy atom. The Hall–Kier alpha value is -4.01. The molecule has 0 aliphatic carbocycles. The maximum Gasteiger partial charge on any atom is 0.305 e. The van der Waals surface area contributed by atoms with Crippen molar-refractivity contribution in [2.45, 2.75) is 85.9 Å². The van der Waals surface area contributed by atoms with Crippen LogP contribution in [0.15, 0.2) is 117 Å². The van der Waals surface area contributed by atoms with Crippen molar-refractivity contribution >= 4 is 46.1 Å². The number of hydrogen-bond acceptors (Lipinski definition) is 10. The average molecular weight is 917 g/mol. The average Bonchev–Trinajstić information content (AvgIpc) is 3.21. The molecular formula is C43H56N4O10S4. The fourth-order valence-electron chi connectivity index (χ4n) is 7.06. The second-order valence-corrected chi connectivity index (χ2v) is 22.9. The van der Waals surface area contributed by atoms with Gasteiger partial charge in [0.1, 0.15) is 0 Å². The van der Waals surface area contributed by atoms with Crippen molar-refractivity contribution in [3.05, 3.63) is 119 Å². The fraction of sp³-hybridized carbons (Fsp3) is 0.419. The van der Waals surface area contributed by atoms with Crippen LogP contribution in [0.25, 0.3) is 0 Å². The summed E-state index contributed by atoms with van der Waals surface area (Å²) in [6, 6.07) is 23.8. The fourth-order valence-corrected chi connectivity index (χ4v) is 13.2. The van der Waals surface area contributed by atoms with E-state index in [-0.39, 0.29) is 91.1 Å². The Balaban J connectivity index is 1.66. The summed E-state index contributed by atoms with van der Waals surface area (Å²) in [5.74, 6) is -0.602. The molecule has 4 aromatic rings. The number of esters is 1. The van der Waals surface area contributed by atoms with Crippen LogP contribution in [0.3, 0.4) is 0 Å². The highest BCUT2D eigenvalue weighted by molar-refractivity contribution is 7.90. The number of aryl methyl sites for hydroxylation is 4. The molecule has 0 N–H and O–H groups in total. The minimum atomic E-state index is -4.40. The number of rotatable bonds is 12. The summed E-state index contributed by atoms with van der Waals surface area (Å²) in [4.78, 5) is 12.7. The lowest BCUT2D eigenvalue weighted by molar-refractivity contribution is -0.143. The molecule has 0 aromatic heterocycles. The molecule has 1 unspecified atom stereocenters. The molecular weight excluding hydrogens is 861 g/mol. The Morgan fingerprint density at radius 3 is 1.20 bits per heavy atom. The van der Waals surface area contributed by atoms with Crippen LogP contribution in [0, 0.1) is 27.7 Å². The van der Waals surface area contributed by atoms with Gasteiger partial charge in [-0.3, -0.25) is 4.79 Å². The lowest BCUT2D eigenvalue weighted by Gasteiger charge is -2.36. The summed E-state index contributed by atoms with van der Waals surface area (Å²) >= 11 is 0.